The molecule has 0 atom stereocenters. The van der Waals surface area contributed by atoms with Crippen molar-refractivity contribution in [3.05, 3.63) is 34.4 Å². The third-order valence-electron chi connectivity index (χ3n) is 3.93. The summed E-state index contributed by atoms with van der Waals surface area (Å²) in [5.41, 5.74) is 1.91. The van der Waals surface area contributed by atoms with E-state index in [2.05, 4.69) is 5.32 Å². The van der Waals surface area contributed by atoms with Gasteiger partial charge in [-0.2, -0.15) is 0 Å². The van der Waals surface area contributed by atoms with Crippen LogP contribution in [-0.2, 0) is 40.4 Å². The first-order valence-corrected chi connectivity index (χ1v) is 7.27. The van der Waals surface area contributed by atoms with Gasteiger partial charge in [-0.3, -0.25) is 4.79 Å². The van der Waals surface area contributed by atoms with Crippen molar-refractivity contribution in [3.8, 4) is 0 Å². The highest BCUT2D eigenvalue weighted by atomic mass is 16.5. The Bertz CT molecular complexity index is 563. The SMILES string of the molecule is CCOC(=O)C1(NC(C)=O)Cc2cc(CO)c(CO)cc2C1. The maximum absolute atomic E-state index is 12.3. The zero-order valence-corrected chi connectivity index (χ0v) is 12.8. The summed E-state index contributed by atoms with van der Waals surface area (Å²) in [6, 6.07) is 3.56. The molecule has 0 saturated carbocycles. The maximum atomic E-state index is 12.3. The highest BCUT2D eigenvalue weighted by Crippen LogP contribution is 2.33. The van der Waals surface area contributed by atoms with Crippen molar-refractivity contribution >= 4 is 11.9 Å². The molecule has 22 heavy (non-hydrogen) atoms. The Kier molecular flexibility index (Phi) is 4.83. The second-order valence-electron chi connectivity index (χ2n) is 5.54. The molecule has 0 spiro atoms. The van der Waals surface area contributed by atoms with Crippen molar-refractivity contribution in [1.82, 2.24) is 5.32 Å². The molecular formula is C16H21NO5. The van der Waals surface area contributed by atoms with Crippen LogP contribution in [0.2, 0.25) is 0 Å². The number of amides is 1. The number of esters is 1. The van der Waals surface area contributed by atoms with Crippen LogP contribution >= 0.6 is 0 Å². The van der Waals surface area contributed by atoms with Crippen LogP contribution in [0.15, 0.2) is 12.1 Å². The topological polar surface area (TPSA) is 95.9 Å². The molecule has 1 amide bonds. The minimum Gasteiger partial charge on any atom is -0.464 e. The van der Waals surface area contributed by atoms with Crippen LogP contribution in [-0.4, -0.2) is 34.2 Å². The fourth-order valence-corrected chi connectivity index (χ4v) is 3.02. The second kappa shape index (κ2) is 6.46. The van der Waals surface area contributed by atoms with E-state index in [0.717, 1.165) is 11.1 Å². The zero-order valence-electron chi connectivity index (χ0n) is 12.8. The average molecular weight is 307 g/mol. The van der Waals surface area contributed by atoms with E-state index in [4.69, 9.17) is 4.74 Å². The van der Waals surface area contributed by atoms with E-state index in [-0.39, 0.29) is 25.7 Å². The first-order valence-electron chi connectivity index (χ1n) is 7.27. The number of benzene rings is 1. The number of hydrogen-bond acceptors (Lipinski definition) is 5. The van der Waals surface area contributed by atoms with E-state index >= 15 is 0 Å². The summed E-state index contributed by atoms with van der Waals surface area (Å²) in [6.07, 6.45) is 0.638. The molecule has 1 aliphatic rings. The molecule has 0 fully saturated rings. The van der Waals surface area contributed by atoms with Gasteiger partial charge >= 0.3 is 5.97 Å². The van der Waals surface area contributed by atoms with Gasteiger partial charge in [0.25, 0.3) is 0 Å². The van der Waals surface area contributed by atoms with E-state index in [1.807, 2.05) is 0 Å². The van der Waals surface area contributed by atoms with Crippen molar-refractivity contribution < 1.29 is 24.5 Å². The lowest BCUT2D eigenvalue weighted by molar-refractivity contribution is -0.152. The average Bonchev–Trinajstić information content (AvgIpc) is 2.83. The summed E-state index contributed by atoms with van der Waals surface area (Å²) in [7, 11) is 0. The summed E-state index contributed by atoms with van der Waals surface area (Å²) >= 11 is 0. The van der Waals surface area contributed by atoms with Gasteiger partial charge in [0.05, 0.1) is 19.8 Å². The molecule has 3 N–H and O–H groups in total. The first kappa shape index (κ1) is 16.5. The summed E-state index contributed by atoms with van der Waals surface area (Å²) in [4.78, 5) is 23.9. The monoisotopic (exact) mass is 307 g/mol. The van der Waals surface area contributed by atoms with Gasteiger partial charge in [-0.25, -0.2) is 4.79 Å². The Labute approximate surface area is 129 Å². The largest absolute Gasteiger partial charge is 0.464 e. The van der Waals surface area contributed by atoms with E-state index in [9.17, 15) is 19.8 Å². The summed E-state index contributed by atoms with van der Waals surface area (Å²) < 4.78 is 5.12. The van der Waals surface area contributed by atoms with Gasteiger partial charge in [0.2, 0.25) is 5.91 Å². The smallest absolute Gasteiger partial charge is 0.332 e. The van der Waals surface area contributed by atoms with Gasteiger partial charge in [-0.1, -0.05) is 12.1 Å². The maximum Gasteiger partial charge on any atom is 0.332 e. The Hall–Kier alpha value is -1.92. The molecule has 0 radical (unpaired) electrons. The predicted octanol–water partition coefficient (Wildman–Crippen LogP) is 0.208. The molecule has 1 aromatic rings. The van der Waals surface area contributed by atoms with E-state index in [1.165, 1.54) is 6.92 Å². The van der Waals surface area contributed by atoms with E-state index in [1.54, 1.807) is 19.1 Å². The number of aliphatic hydroxyl groups excluding tert-OH is 2. The summed E-state index contributed by atoms with van der Waals surface area (Å²) in [5, 5.41) is 21.5. The van der Waals surface area contributed by atoms with Crippen molar-refractivity contribution in [3.63, 3.8) is 0 Å². The van der Waals surface area contributed by atoms with Crippen LogP contribution in [0.5, 0.6) is 0 Å². The Morgan fingerprint density at radius 2 is 1.68 bits per heavy atom. The van der Waals surface area contributed by atoms with Gasteiger partial charge in [-0.05, 0) is 29.2 Å². The first-order chi connectivity index (χ1) is 10.5. The number of aliphatic hydroxyl groups is 2. The third-order valence-corrected chi connectivity index (χ3v) is 3.93. The molecule has 0 aromatic heterocycles. The molecular weight excluding hydrogens is 286 g/mol. The molecule has 6 nitrogen and oxygen atoms in total. The highest BCUT2D eigenvalue weighted by Gasteiger charge is 2.46. The number of fused-ring (bicyclic) bond motifs is 1. The lowest BCUT2D eigenvalue weighted by Crippen LogP contribution is -2.55. The molecule has 1 aromatic carbocycles. The number of carbonyl (C=O) groups is 2. The van der Waals surface area contributed by atoms with E-state index in [0.29, 0.717) is 24.0 Å². The van der Waals surface area contributed by atoms with Gasteiger partial charge in [0.1, 0.15) is 5.54 Å². The summed E-state index contributed by atoms with van der Waals surface area (Å²) in [6.45, 7) is 2.95. The Morgan fingerprint density at radius 3 is 2.05 bits per heavy atom. The second-order valence-corrected chi connectivity index (χ2v) is 5.54. The molecule has 6 heteroatoms. The fourth-order valence-electron chi connectivity index (χ4n) is 3.02. The normalized spacial score (nSPS) is 15.3. The number of ether oxygens (including phenoxy) is 1. The fraction of sp³-hybridized carbons (Fsp3) is 0.500. The van der Waals surface area contributed by atoms with Crippen LogP contribution < -0.4 is 5.32 Å². The molecule has 0 heterocycles. The van der Waals surface area contributed by atoms with Crippen LogP contribution in [0.4, 0.5) is 0 Å². The number of rotatable bonds is 5. The molecule has 1 aliphatic carbocycles. The van der Waals surface area contributed by atoms with Crippen LogP contribution in [0.3, 0.4) is 0 Å². The number of hydrogen-bond donors (Lipinski definition) is 3. The van der Waals surface area contributed by atoms with Crippen molar-refractivity contribution in [2.45, 2.75) is 45.4 Å². The van der Waals surface area contributed by atoms with Crippen molar-refractivity contribution in [2.75, 3.05) is 6.61 Å². The molecule has 0 saturated heterocycles. The number of nitrogens with one attached hydrogen (secondary N) is 1. The molecule has 0 bridgehead atoms. The van der Waals surface area contributed by atoms with Crippen molar-refractivity contribution in [1.29, 1.82) is 0 Å². The zero-order chi connectivity index (χ0) is 16.3. The van der Waals surface area contributed by atoms with E-state index < -0.39 is 11.5 Å². The Morgan fingerprint density at radius 1 is 1.18 bits per heavy atom. The van der Waals surface area contributed by atoms with Gasteiger partial charge in [0.15, 0.2) is 0 Å². The summed E-state index contributed by atoms with van der Waals surface area (Å²) in [5.74, 6) is -0.761. The minimum absolute atomic E-state index is 0.185. The van der Waals surface area contributed by atoms with Crippen LogP contribution in [0.25, 0.3) is 0 Å². The highest BCUT2D eigenvalue weighted by molar-refractivity contribution is 5.89. The van der Waals surface area contributed by atoms with Crippen LogP contribution in [0.1, 0.15) is 36.1 Å². The third kappa shape index (κ3) is 2.98. The molecule has 0 aliphatic heterocycles. The lowest BCUT2D eigenvalue weighted by atomic mass is 9.95. The van der Waals surface area contributed by atoms with Gasteiger partial charge in [0, 0.05) is 19.8 Å². The van der Waals surface area contributed by atoms with Gasteiger partial charge < -0.3 is 20.3 Å². The number of carbonyl (C=O) groups excluding carboxylic acids is 2. The standard InChI is InChI=1S/C16H21NO5/c1-3-22-15(21)16(17-10(2)20)6-11-4-13(8-18)14(9-19)5-12(11)7-16/h4-5,18-19H,3,6-9H2,1-2H3,(H,17,20). The molecule has 2 rings (SSSR count). The minimum atomic E-state index is -1.11. The van der Waals surface area contributed by atoms with Crippen molar-refractivity contribution in [2.24, 2.45) is 0 Å². The predicted molar refractivity (Wildman–Crippen MR) is 78.9 cm³/mol. The molecule has 120 valence electrons. The van der Waals surface area contributed by atoms with Gasteiger partial charge in [-0.15, -0.1) is 0 Å². The Balaban J connectivity index is 2.40. The quantitative estimate of drug-likeness (QED) is 0.676. The molecule has 0 unspecified atom stereocenters. The van der Waals surface area contributed by atoms with Crippen LogP contribution in [0, 0.1) is 0 Å². The lowest BCUT2D eigenvalue weighted by Gasteiger charge is -2.27.